The van der Waals surface area contributed by atoms with Crippen molar-refractivity contribution in [3.8, 4) is 11.5 Å². The summed E-state index contributed by atoms with van der Waals surface area (Å²) in [6.07, 6.45) is 1.69. The fourth-order valence-electron chi connectivity index (χ4n) is 2.78. The lowest BCUT2D eigenvalue weighted by Gasteiger charge is -2.10. The van der Waals surface area contributed by atoms with Gasteiger partial charge >= 0.3 is 0 Å². The molecule has 0 bridgehead atoms. The van der Waals surface area contributed by atoms with Gasteiger partial charge in [-0.25, -0.2) is 15.0 Å². The number of anilines is 3. The Kier molecular flexibility index (Phi) is 4.04. The van der Waals surface area contributed by atoms with Crippen molar-refractivity contribution in [3.63, 3.8) is 0 Å². The number of rotatable bonds is 4. The Morgan fingerprint density at radius 2 is 2.04 bits per heavy atom. The number of fused-ring (bicyclic) bond motifs is 2. The molecule has 0 spiro atoms. The first-order valence-corrected chi connectivity index (χ1v) is 8.76. The van der Waals surface area contributed by atoms with Crippen molar-refractivity contribution in [2.45, 2.75) is 6.92 Å². The van der Waals surface area contributed by atoms with Crippen molar-refractivity contribution in [1.82, 2.24) is 19.9 Å². The van der Waals surface area contributed by atoms with Gasteiger partial charge in [-0.2, -0.15) is 0 Å². The fraction of sp³-hybridized carbons (Fsp3) is 0.176. The van der Waals surface area contributed by atoms with Crippen molar-refractivity contribution in [3.05, 3.63) is 34.5 Å². The van der Waals surface area contributed by atoms with Crippen LogP contribution in [0.3, 0.4) is 0 Å². The van der Waals surface area contributed by atoms with Crippen molar-refractivity contribution < 1.29 is 9.47 Å². The number of nitrogens with one attached hydrogen (secondary N) is 2. The summed E-state index contributed by atoms with van der Waals surface area (Å²) in [6.45, 7) is 1.81. The zero-order chi connectivity index (χ0) is 19.1. The molecule has 0 aliphatic carbocycles. The van der Waals surface area contributed by atoms with E-state index in [1.165, 1.54) is 25.6 Å². The number of nitrogens with zero attached hydrogens (tertiary/aromatic N) is 3. The molecule has 0 unspecified atom stereocenters. The highest BCUT2D eigenvalue weighted by atomic mass is 32.1. The molecule has 0 saturated heterocycles. The number of methoxy groups -OCH3 is 2. The van der Waals surface area contributed by atoms with Gasteiger partial charge in [0.25, 0.3) is 5.56 Å². The van der Waals surface area contributed by atoms with Gasteiger partial charge in [0.05, 0.1) is 30.8 Å². The minimum absolute atomic E-state index is 0.245. The molecule has 4 aromatic rings. The molecule has 0 saturated carbocycles. The Hall–Kier alpha value is -3.40. The summed E-state index contributed by atoms with van der Waals surface area (Å²) in [4.78, 5) is 29.1. The Balaban J connectivity index is 1.86. The van der Waals surface area contributed by atoms with Gasteiger partial charge in [0.1, 0.15) is 32.5 Å². The molecule has 1 aromatic carbocycles. The van der Waals surface area contributed by atoms with Gasteiger partial charge in [0.15, 0.2) is 0 Å². The van der Waals surface area contributed by atoms with E-state index in [-0.39, 0.29) is 11.5 Å². The lowest BCUT2D eigenvalue weighted by atomic mass is 10.2. The monoisotopic (exact) mass is 384 g/mol. The second-order valence-electron chi connectivity index (χ2n) is 5.74. The summed E-state index contributed by atoms with van der Waals surface area (Å²) in [5.41, 5.74) is 6.82. The van der Waals surface area contributed by atoms with Gasteiger partial charge in [-0.15, -0.1) is 0 Å². The van der Waals surface area contributed by atoms with E-state index >= 15 is 0 Å². The third kappa shape index (κ3) is 2.89. The van der Waals surface area contributed by atoms with Gasteiger partial charge in [0, 0.05) is 18.3 Å². The van der Waals surface area contributed by atoms with Crippen LogP contribution in [0.25, 0.3) is 21.1 Å². The fourth-order valence-corrected chi connectivity index (χ4v) is 3.70. The van der Waals surface area contributed by atoms with Gasteiger partial charge in [0.2, 0.25) is 5.95 Å². The van der Waals surface area contributed by atoms with Crippen LogP contribution in [0.4, 0.5) is 16.6 Å². The minimum Gasteiger partial charge on any atom is -0.497 e. The number of nitrogen functional groups attached to an aromatic ring is 1. The third-order valence-corrected chi connectivity index (χ3v) is 4.97. The van der Waals surface area contributed by atoms with E-state index in [4.69, 9.17) is 15.2 Å². The zero-order valence-corrected chi connectivity index (χ0v) is 15.6. The quantitative estimate of drug-likeness (QED) is 0.490. The first-order chi connectivity index (χ1) is 13.0. The second kappa shape index (κ2) is 6.40. The van der Waals surface area contributed by atoms with E-state index in [9.17, 15) is 4.79 Å². The van der Waals surface area contributed by atoms with Crippen LogP contribution in [-0.4, -0.2) is 34.2 Å². The Morgan fingerprint density at radius 3 is 2.78 bits per heavy atom. The van der Waals surface area contributed by atoms with Gasteiger partial charge in [-0.05, 0) is 6.92 Å². The molecule has 0 radical (unpaired) electrons. The number of H-pyrrole nitrogens is 1. The first kappa shape index (κ1) is 17.0. The predicted octanol–water partition coefficient (Wildman–Crippen LogP) is 2.58. The zero-order valence-electron chi connectivity index (χ0n) is 14.8. The average Bonchev–Trinajstić information content (AvgIpc) is 2.94. The Bertz CT molecular complexity index is 1230. The highest BCUT2D eigenvalue weighted by Crippen LogP contribution is 2.38. The van der Waals surface area contributed by atoms with E-state index in [0.717, 1.165) is 10.2 Å². The van der Waals surface area contributed by atoms with Crippen molar-refractivity contribution in [2.24, 2.45) is 0 Å². The molecule has 4 N–H and O–H groups in total. The number of nitrogens with two attached hydrogens (primary N) is 1. The number of ether oxygens (including phenoxy) is 2. The molecule has 10 heteroatoms. The summed E-state index contributed by atoms with van der Waals surface area (Å²) in [7, 11) is 3.02. The SMILES string of the molecule is COc1cc(OC)c2c(=O)[nH]c(Nc3c(N)sc4nc(C)ncc34)nc2c1. The van der Waals surface area contributed by atoms with E-state index in [2.05, 4.69) is 25.3 Å². The molecule has 9 nitrogen and oxygen atoms in total. The number of aryl methyl sites for hydroxylation is 1. The molecular weight excluding hydrogens is 368 g/mol. The minimum atomic E-state index is -0.341. The van der Waals surface area contributed by atoms with Crippen LogP contribution in [0.5, 0.6) is 11.5 Å². The molecule has 138 valence electrons. The smallest absolute Gasteiger partial charge is 0.263 e. The summed E-state index contributed by atoms with van der Waals surface area (Å²) in [6, 6.07) is 3.30. The molecular formula is C17H16N6O3S. The lowest BCUT2D eigenvalue weighted by Crippen LogP contribution is -2.12. The lowest BCUT2D eigenvalue weighted by molar-refractivity contribution is 0.397. The maximum atomic E-state index is 12.6. The molecule has 4 rings (SSSR count). The Morgan fingerprint density at radius 1 is 1.22 bits per heavy atom. The maximum absolute atomic E-state index is 12.6. The summed E-state index contributed by atoms with van der Waals surface area (Å²) in [5.74, 6) is 1.82. The summed E-state index contributed by atoms with van der Waals surface area (Å²) >= 11 is 1.34. The average molecular weight is 384 g/mol. The van der Waals surface area contributed by atoms with Crippen LogP contribution in [0.15, 0.2) is 23.1 Å². The van der Waals surface area contributed by atoms with Gasteiger partial charge < -0.3 is 20.5 Å². The van der Waals surface area contributed by atoms with Gasteiger partial charge in [-0.3, -0.25) is 9.78 Å². The number of benzene rings is 1. The van der Waals surface area contributed by atoms with E-state index < -0.39 is 0 Å². The van der Waals surface area contributed by atoms with Crippen molar-refractivity contribution in [2.75, 3.05) is 25.3 Å². The normalized spacial score (nSPS) is 11.1. The van der Waals surface area contributed by atoms with E-state index in [1.807, 2.05) is 6.92 Å². The largest absolute Gasteiger partial charge is 0.497 e. The van der Waals surface area contributed by atoms with Crippen molar-refractivity contribution >= 4 is 49.1 Å². The van der Waals surface area contributed by atoms with Crippen LogP contribution >= 0.6 is 11.3 Å². The van der Waals surface area contributed by atoms with Crippen LogP contribution in [0, 0.1) is 6.92 Å². The van der Waals surface area contributed by atoms with Crippen LogP contribution in [-0.2, 0) is 0 Å². The number of hydrogen-bond acceptors (Lipinski definition) is 9. The molecule has 27 heavy (non-hydrogen) atoms. The number of aromatic amines is 1. The van der Waals surface area contributed by atoms with Crippen molar-refractivity contribution in [1.29, 1.82) is 0 Å². The topological polar surface area (TPSA) is 128 Å². The first-order valence-electron chi connectivity index (χ1n) is 7.95. The molecule has 0 amide bonds. The predicted molar refractivity (Wildman–Crippen MR) is 105 cm³/mol. The molecule has 3 heterocycles. The van der Waals surface area contributed by atoms with Crippen LogP contribution < -0.4 is 26.1 Å². The van der Waals surface area contributed by atoms with E-state index in [0.29, 0.717) is 38.9 Å². The number of hydrogen-bond donors (Lipinski definition) is 3. The second-order valence-corrected chi connectivity index (χ2v) is 6.77. The van der Waals surface area contributed by atoms with E-state index in [1.54, 1.807) is 18.3 Å². The highest BCUT2D eigenvalue weighted by Gasteiger charge is 2.16. The molecule has 0 aliphatic rings. The number of thiophene rings is 1. The highest BCUT2D eigenvalue weighted by molar-refractivity contribution is 7.23. The molecule has 0 fully saturated rings. The summed E-state index contributed by atoms with van der Waals surface area (Å²) < 4.78 is 10.5. The molecule has 3 aromatic heterocycles. The Labute approximate surface area is 157 Å². The summed E-state index contributed by atoms with van der Waals surface area (Å²) in [5, 5.41) is 4.70. The van der Waals surface area contributed by atoms with Crippen LogP contribution in [0.2, 0.25) is 0 Å². The van der Waals surface area contributed by atoms with Gasteiger partial charge in [-0.1, -0.05) is 11.3 Å². The maximum Gasteiger partial charge on any atom is 0.263 e. The molecule has 0 aliphatic heterocycles. The number of aromatic nitrogens is 4. The molecule has 0 atom stereocenters. The van der Waals surface area contributed by atoms with Crippen LogP contribution in [0.1, 0.15) is 5.82 Å². The standard InChI is InChI=1S/C17H16N6O3S/c1-7-19-6-9-13(14(18)27-16(9)20-7)22-17-21-10-4-8(25-2)5-11(26-3)12(10)15(24)23-17/h4-6H,18H2,1-3H3,(H2,21,22,23,24). The third-order valence-electron chi connectivity index (χ3n) is 4.04.